The number of hydrazine groups is 1. The van der Waals surface area contributed by atoms with Crippen LogP contribution in [0.15, 0.2) is 22.7 Å². The third kappa shape index (κ3) is 3.02. The molecule has 2 aliphatic rings. The fourth-order valence-electron chi connectivity index (χ4n) is 3.96. The Balaban J connectivity index is 1.84. The van der Waals surface area contributed by atoms with E-state index in [-0.39, 0.29) is 17.5 Å². The molecule has 0 amide bonds. The molecule has 1 aromatic rings. The van der Waals surface area contributed by atoms with Crippen LogP contribution in [0.2, 0.25) is 0 Å². The fraction of sp³-hybridized carbons (Fsp3) is 0.625. The summed E-state index contributed by atoms with van der Waals surface area (Å²) in [7, 11) is 0. The molecule has 1 spiro atoms. The van der Waals surface area contributed by atoms with Crippen molar-refractivity contribution in [3.8, 4) is 0 Å². The molecule has 0 aromatic heterocycles. The lowest BCUT2D eigenvalue weighted by Gasteiger charge is -2.41. The van der Waals surface area contributed by atoms with Gasteiger partial charge in [0.25, 0.3) is 0 Å². The lowest BCUT2D eigenvalue weighted by Crippen LogP contribution is -2.43. The van der Waals surface area contributed by atoms with E-state index in [1.807, 2.05) is 6.07 Å². The van der Waals surface area contributed by atoms with Gasteiger partial charge in [0.1, 0.15) is 5.82 Å². The van der Waals surface area contributed by atoms with Crippen molar-refractivity contribution in [3.63, 3.8) is 0 Å². The molecule has 3 nitrogen and oxygen atoms in total. The molecular weight excluding hydrogens is 335 g/mol. The maximum Gasteiger partial charge on any atom is 0.137 e. The Bertz CT molecular complexity index is 505. The second-order valence-corrected chi connectivity index (χ2v) is 7.07. The highest BCUT2D eigenvalue weighted by molar-refractivity contribution is 9.10. The monoisotopic (exact) mass is 356 g/mol. The van der Waals surface area contributed by atoms with Crippen LogP contribution >= 0.6 is 15.9 Å². The van der Waals surface area contributed by atoms with Gasteiger partial charge in [-0.05, 0) is 59.2 Å². The van der Waals surface area contributed by atoms with Crippen LogP contribution in [0.1, 0.15) is 50.1 Å². The first-order valence-corrected chi connectivity index (χ1v) is 8.48. The highest BCUT2D eigenvalue weighted by Gasteiger charge is 2.42. The maximum atomic E-state index is 13.8. The van der Waals surface area contributed by atoms with Crippen molar-refractivity contribution in [1.82, 2.24) is 5.43 Å². The third-order valence-corrected chi connectivity index (χ3v) is 5.85. The SMILES string of the molecule is NNC(c1cccc(F)c1Br)C1CCOC2(CCCC2)C1. The Morgan fingerprint density at radius 2 is 2.14 bits per heavy atom. The van der Waals surface area contributed by atoms with Crippen LogP contribution < -0.4 is 11.3 Å². The minimum atomic E-state index is -0.240. The predicted molar refractivity (Wildman–Crippen MR) is 84.0 cm³/mol. The maximum absolute atomic E-state index is 13.8. The molecular formula is C16H22BrFN2O. The number of benzene rings is 1. The molecule has 1 aliphatic carbocycles. The lowest BCUT2D eigenvalue weighted by molar-refractivity contribution is -0.0982. The van der Waals surface area contributed by atoms with E-state index in [1.54, 1.807) is 6.07 Å². The molecule has 1 saturated heterocycles. The molecule has 0 bridgehead atoms. The summed E-state index contributed by atoms with van der Waals surface area (Å²) in [4.78, 5) is 0. The van der Waals surface area contributed by atoms with Crippen LogP contribution in [0.25, 0.3) is 0 Å². The topological polar surface area (TPSA) is 47.3 Å². The standard InChI is InChI=1S/C16H22BrFN2O/c17-14-12(4-3-5-13(14)18)15(20-19)11-6-9-21-16(10-11)7-1-2-8-16/h3-5,11,15,20H,1-2,6-10,19H2. The molecule has 1 heterocycles. The highest BCUT2D eigenvalue weighted by Crippen LogP contribution is 2.46. The van der Waals surface area contributed by atoms with Crippen LogP contribution in [-0.2, 0) is 4.74 Å². The molecule has 2 atom stereocenters. The highest BCUT2D eigenvalue weighted by atomic mass is 79.9. The fourth-order valence-corrected chi connectivity index (χ4v) is 4.47. The summed E-state index contributed by atoms with van der Waals surface area (Å²) in [5.41, 5.74) is 3.85. The lowest BCUT2D eigenvalue weighted by atomic mass is 9.79. The average Bonchev–Trinajstić information content (AvgIpc) is 2.92. The molecule has 2 unspecified atom stereocenters. The van der Waals surface area contributed by atoms with Gasteiger partial charge < -0.3 is 4.74 Å². The van der Waals surface area contributed by atoms with E-state index in [2.05, 4.69) is 21.4 Å². The number of nitrogens with two attached hydrogens (primary N) is 1. The summed E-state index contributed by atoms with van der Waals surface area (Å²) in [6.07, 6.45) is 6.74. The molecule has 1 saturated carbocycles. The van der Waals surface area contributed by atoms with Gasteiger partial charge in [0, 0.05) is 6.61 Å². The van der Waals surface area contributed by atoms with Gasteiger partial charge in [-0.25, -0.2) is 4.39 Å². The van der Waals surface area contributed by atoms with Gasteiger partial charge >= 0.3 is 0 Å². The van der Waals surface area contributed by atoms with Crippen molar-refractivity contribution >= 4 is 15.9 Å². The predicted octanol–water partition coefficient (Wildman–Crippen LogP) is 3.83. The Hall–Kier alpha value is -0.490. The summed E-state index contributed by atoms with van der Waals surface area (Å²) in [5.74, 6) is 5.94. The minimum absolute atomic E-state index is 0.0395. The van der Waals surface area contributed by atoms with E-state index < -0.39 is 0 Å². The molecule has 1 aromatic carbocycles. The van der Waals surface area contributed by atoms with Gasteiger partial charge in [0.05, 0.1) is 16.1 Å². The zero-order chi connectivity index (χ0) is 14.9. The molecule has 0 radical (unpaired) electrons. The molecule has 2 fully saturated rings. The van der Waals surface area contributed by atoms with Gasteiger partial charge in [0.15, 0.2) is 0 Å². The summed E-state index contributed by atoms with van der Waals surface area (Å²) < 4.78 is 20.4. The zero-order valence-electron chi connectivity index (χ0n) is 12.1. The van der Waals surface area contributed by atoms with Crippen LogP contribution in [-0.4, -0.2) is 12.2 Å². The summed E-state index contributed by atoms with van der Waals surface area (Å²) in [5, 5.41) is 0. The molecule has 21 heavy (non-hydrogen) atoms. The van der Waals surface area contributed by atoms with Gasteiger partial charge in [-0.2, -0.15) is 0 Å². The number of hydrogen-bond donors (Lipinski definition) is 2. The number of hydrogen-bond acceptors (Lipinski definition) is 3. The van der Waals surface area contributed by atoms with Gasteiger partial charge in [-0.15, -0.1) is 0 Å². The van der Waals surface area contributed by atoms with Crippen molar-refractivity contribution in [2.24, 2.45) is 11.8 Å². The van der Waals surface area contributed by atoms with Gasteiger partial charge in [-0.3, -0.25) is 11.3 Å². The van der Waals surface area contributed by atoms with Crippen molar-refractivity contribution < 1.29 is 9.13 Å². The largest absolute Gasteiger partial charge is 0.375 e. The first-order chi connectivity index (χ1) is 10.2. The van der Waals surface area contributed by atoms with Crippen LogP contribution in [0, 0.1) is 11.7 Å². The van der Waals surface area contributed by atoms with Crippen LogP contribution in [0.3, 0.4) is 0 Å². The molecule has 3 rings (SSSR count). The Kier molecular flexibility index (Phi) is 4.64. The number of rotatable bonds is 3. The first kappa shape index (κ1) is 15.4. The van der Waals surface area contributed by atoms with E-state index >= 15 is 0 Å². The van der Waals surface area contributed by atoms with Crippen LogP contribution in [0.5, 0.6) is 0 Å². The van der Waals surface area contributed by atoms with E-state index in [9.17, 15) is 4.39 Å². The van der Waals surface area contributed by atoms with Crippen molar-refractivity contribution in [2.45, 2.75) is 50.2 Å². The van der Waals surface area contributed by atoms with Gasteiger partial charge in [0.2, 0.25) is 0 Å². The Morgan fingerprint density at radius 1 is 1.38 bits per heavy atom. The summed E-state index contributed by atoms with van der Waals surface area (Å²) >= 11 is 3.36. The number of ether oxygens (including phenoxy) is 1. The normalized spacial score (nSPS) is 26.1. The average molecular weight is 357 g/mol. The Labute approximate surface area is 133 Å². The van der Waals surface area contributed by atoms with Crippen molar-refractivity contribution in [3.05, 3.63) is 34.1 Å². The van der Waals surface area contributed by atoms with E-state index in [4.69, 9.17) is 10.6 Å². The first-order valence-electron chi connectivity index (χ1n) is 7.69. The molecule has 1 aliphatic heterocycles. The zero-order valence-corrected chi connectivity index (χ0v) is 13.7. The molecule has 5 heteroatoms. The molecule has 116 valence electrons. The second-order valence-electron chi connectivity index (χ2n) is 6.28. The van der Waals surface area contributed by atoms with E-state index in [0.717, 1.165) is 37.9 Å². The smallest absolute Gasteiger partial charge is 0.137 e. The van der Waals surface area contributed by atoms with Crippen molar-refractivity contribution in [1.29, 1.82) is 0 Å². The van der Waals surface area contributed by atoms with Crippen molar-refractivity contribution in [2.75, 3.05) is 6.61 Å². The molecule has 3 N–H and O–H groups in total. The second kappa shape index (κ2) is 6.32. The summed E-state index contributed by atoms with van der Waals surface area (Å²) in [6, 6.07) is 5.10. The third-order valence-electron chi connectivity index (χ3n) is 5.01. The number of halogens is 2. The quantitative estimate of drug-likeness (QED) is 0.639. The summed E-state index contributed by atoms with van der Waals surface area (Å²) in [6.45, 7) is 0.774. The Morgan fingerprint density at radius 3 is 2.86 bits per heavy atom. The number of nitrogens with one attached hydrogen (secondary N) is 1. The van der Waals surface area contributed by atoms with Gasteiger partial charge in [-0.1, -0.05) is 25.0 Å². The van der Waals surface area contributed by atoms with E-state index in [0.29, 0.717) is 10.4 Å². The minimum Gasteiger partial charge on any atom is -0.375 e. The van der Waals surface area contributed by atoms with E-state index in [1.165, 1.54) is 18.9 Å². The van der Waals surface area contributed by atoms with Crippen LogP contribution in [0.4, 0.5) is 4.39 Å².